The highest BCUT2D eigenvalue weighted by Gasteiger charge is 1.90. The van der Waals surface area contributed by atoms with Crippen molar-refractivity contribution in [2.75, 3.05) is 0 Å². The second kappa shape index (κ2) is 1.41. The molecule has 0 spiro atoms. The summed E-state index contributed by atoms with van der Waals surface area (Å²) in [6.45, 7) is 1.77. The van der Waals surface area contributed by atoms with E-state index in [2.05, 4.69) is 9.68 Å². The van der Waals surface area contributed by atoms with E-state index in [1.807, 2.05) is 0 Å². The number of aromatic nitrogens is 1. The average Bonchev–Trinajstić information content (AvgIpc) is 1.91. The van der Waals surface area contributed by atoms with Gasteiger partial charge in [0, 0.05) is 0 Å². The summed E-state index contributed by atoms with van der Waals surface area (Å²) in [6, 6.07) is 0. The van der Waals surface area contributed by atoms with Crippen molar-refractivity contribution >= 4 is 13.3 Å². The lowest BCUT2D eigenvalue weighted by atomic mass is 9.99. The Bertz CT molecular complexity index is 144. The maximum Gasteiger partial charge on any atom is 0.126 e. The van der Waals surface area contributed by atoms with Gasteiger partial charge in [0.1, 0.15) is 13.6 Å². The highest BCUT2D eigenvalue weighted by molar-refractivity contribution is 6.32. The van der Waals surface area contributed by atoms with Crippen LogP contribution in [0, 0.1) is 6.92 Å². The molecule has 0 aromatic carbocycles. The first-order valence-corrected chi connectivity index (χ1v) is 1.97. The van der Waals surface area contributed by atoms with Crippen LogP contribution in [-0.2, 0) is 0 Å². The number of rotatable bonds is 0. The molecular weight excluding hydrogens is 88.9 g/mol. The van der Waals surface area contributed by atoms with Gasteiger partial charge >= 0.3 is 0 Å². The van der Waals surface area contributed by atoms with Crippen molar-refractivity contribution in [2.45, 2.75) is 6.92 Å². The molecule has 34 valence electrons. The molecule has 0 saturated carbocycles. The first kappa shape index (κ1) is 4.43. The highest BCUT2D eigenvalue weighted by Crippen LogP contribution is 1.84. The summed E-state index contributed by atoms with van der Waals surface area (Å²) in [4.78, 5) is 0. The van der Waals surface area contributed by atoms with Gasteiger partial charge in [-0.05, 0) is 12.4 Å². The second-order valence-corrected chi connectivity index (χ2v) is 1.34. The first-order chi connectivity index (χ1) is 3.30. The van der Waals surface area contributed by atoms with Crippen molar-refractivity contribution < 1.29 is 4.52 Å². The van der Waals surface area contributed by atoms with Gasteiger partial charge in [-0.1, -0.05) is 5.16 Å². The third-order valence-electron chi connectivity index (χ3n) is 0.788. The summed E-state index contributed by atoms with van der Waals surface area (Å²) >= 11 is 0. The van der Waals surface area contributed by atoms with Crippen LogP contribution >= 0.6 is 0 Å². The largest absolute Gasteiger partial charge is 0.362 e. The molecule has 7 heavy (non-hydrogen) atoms. The van der Waals surface area contributed by atoms with Crippen LogP contribution in [0.15, 0.2) is 10.7 Å². The van der Waals surface area contributed by atoms with Gasteiger partial charge in [-0.25, -0.2) is 0 Å². The summed E-state index contributed by atoms with van der Waals surface area (Å²) in [7, 11) is 5.28. The van der Waals surface area contributed by atoms with Gasteiger partial charge < -0.3 is 4.52 Å². The summed E-state index contributed by atoms with van der Waals surface area (Å²) in [5.41, 5.74) is 0.611. The van der Waals surface area contributed by atoms with Gasteiger partial charge in [-0.15, -0.1) is 0 Å². The SMILES string of the molecule is [B]c1cnoc1C. The molecule has 0 atom stereocenters. The van der Waals surface area contributed by atoms with Crippen molar-refractivity contribution in [3.05, 3.63) is 12.0 Å². The molecule has 2 nitrogen and oxygen atoms in total. The smallest absolute Gasteiger partial charge is 0.126 e. The van der Waals surface area contributed by atoms with Crippen LogP contribution in [0.4, 0.5) is 0 Å². The number of nitrogens with zero attached hydrogens (tertiary/aromatic N) is 1. The standard InChI is InChI=1S/C4H4BNO/c1-3-4(5)2-6-7-3/h2H,1H3. The topological polar surface area (TPSA) is 26.0 Å². The van der Waals surface area contributed by atoms with E-state index in [0.717, 1.165) is 0 Å². The van der Waals surface area contributed by atoms with E-state index in [0.29, 0.717) is 11.2 Å². The fourth-order valence-corrected chi connectivity index (χ4v) is 0.306. The number of hydrogen-bond acceptors (Lipinski definition) is 2. The Morgan fingerprint density at radius 1 is 1.86 bits per heavy atom. The summed E-state index contributed by atoms with van der Waals surface area (Å²) < 4.78 is 4.59. The molecule has 0 fully saturated rings. The average molecular weight is 92.9 g/mol. The lowest BCUT2D eigenvalue weighted by Gasteiger charge is -1.75. The van der Waals surface area contributed by atoms with Gasteiger partial charge in [0.05, 0.1) is 6.20 Å². The Hall–Kier alpha value is -0.725. The lowest BCUT2D eigenvalue weighted by Crippen LogP contribution is -1.99. The first-order valence-electron chi connectivity index (χ1n) is 1.97. The van der Waals surface area contributed by atoms with Gasteiger partial charge in [-0.3, -0.25) is 0 Å². The Kier molecular flexibility index (Phi) is 0.892. The lowest BCUT2D eigenvalue weighted by molar-refractivity contribution is 0.398. The maximum atomic E-state index is 5.28. The minimum atomic E-state index is 0.611. The molecule has 1 aromatic rings. The second-order valence-electron chi connectivity index (χ2n) is 1.34. The Balaban J connectivity index is 3.12. The third-order valence-corrected chi connectivity index (χ3v) is 0.788. The number of aryl methyl sites for hydroxylation is 1. The summed E-state index contributed by atoms with van der Waals surface area (Å²) in [5.74, 6) is 0.681. The van der Waals surface area contributed by atoms with Crippen LogP contribution in [-0.4, -0.2) is 13.0 Å². The van der Waals surface area contributed by atoms with Crippen LogP contribution in [0.2, 0.25) is 0 Å². The molecule has 0 saturated heterocycles. The quantitative estimate of drug-likeness (QED) is 0.414. The summed E-state index contributed by atoms with van der Waals surface area (Å²) in [5, 5.41) is 3.42. The van der Waals surface area contributed by atoms with E-state index in [1.54, 1.807) is 6.92 Å². The van der Waals surface area contributed by atoms with E-state index in [-0.39, 0.29) is 0 Å². The Morgan fingerprint density at radius 3 is 2.71 bits per heavy atom. The Morgan fingerprint density at radius 2 is 2.57 bits per heavy atom. The molecule has 1 aromatic heterocycles. The van der Waals surface area contributed by atoms with Crippen molar-refractivity contribution in [1.82, 2.24) is 5.16 Å². The van der Waals surface area contributed by atoms with Gasteiger partial charge in [0.25, 0.3) is 0 Å². The fourth-order valence-electron chi connectivity index (χ4n) is 0.306. The van der Waals surface area contributed by atoms with Crippen LogP contribution in [0.3, 0.4) is 0 Å². The molecule has 0 bridgehead atoms. The molecule has 0 aliphatic heterocycles. The Labute approximate surface area is 42.9 Å². The van der Waals surface area contributed by atoms with Gasteiger partial charge in [-0.2, -0.15) is 0 Å². The minimum Gasteiger partial charge on any atom is -0.362 e. The predicted octanol–water partition coefficient (Wildman–Crippen LogP) is -0.223. The fraction of sp³-hybridized carbons (Fsp3) is 0.250. The third kappa shape index (κ3) is 0.658. The zero-order chi connectivity index (χ0) is 5.28. The molecule has 0 aliphatic carbocycles. The van der Waals surface area contributed by atoms with Crippen LogP contribution in [0.5, 0.6) is 0 Å². The summed E-state index contributed by atoms with van der Waals surface area (Å²) in [6.07, 6.45) is 1.48. The minimum absolute atomic E-state index is 0.611. The van der Waals surface area contributed by atoms with Crippen molar-refractivity contribution in [2.24, 2.45) is 0 Å². The zero-order valence-electron chi connectivity index (χ0n) is 4.01. The molecule has 0 amide bonds. The molecular formula is C4H4BNO. The molecule has 2 radical (unpaired) electrons. The van der Waals surface area contributed by atoms with Crippen LogP contribution < -0.4 is 5.46 Å². The van der Waals surface area contributed by atoms with Crippen LogP contribution in [0.1, 0.15) is 5.76 Å². The maximum absolute atomic E-state index is 5.28. The van der Waals surface area contributed by atoms with Gasteiger partial charge in [0.2, 0.25) is 0 Å². The van der Waals surface area contributed by atoms with E-state index < -0.39 is 0 Å². The normalized spacial score (nSPS) is 9.29. The molecule has 0 N–H and O–H groups in total. The molecule has 1 rings (SSSR count). The van der Waals surface area contributed by atoms with E-state index in [4.69, 9.17) is 7.85 Å². The van der Waals surface area contributed by atoms with E-state index in [9.17, 15) is 0 Å². The molecule has 3 heteroatoms. The molecule has 1 heterocycles. The van der Waals surface area contributed by atoms with Crippen molar-refractivity contribution in [3.8, 4) is 0 Å². The molecule has 0 aliphatic rings. The van der Waals surface area contributed by atoms with E-state index in [1.165, 1.54) is 6.20 Å². The van der Waals surface area contributed by atoms with Crippen LogP contribution in [0.25, 0.3) is 0 Å². The van der Waals surface area contributed by atoms with E-state index >= 15 is 0 Å². The zero-order valence-corrected chi connectivity index (χ0v) is 4.01. The van der Waals surface area contributed by atoms with Gasteiger partial charge in [0.15, 0.2) is 0 Å². The highest BCUT2D eigenvalue weighted by atomic mass is 16.5. The molecule has 0 unspecified atom stereocenters. The number of hydrogen-bond donors (Lipinski definition) is 0. The predicted molar refractivity (Wildman–Crippen MR) is 26.6 cm³/mol. The van der Waals surface area contributed by atoms with Crippen molar-refractivity contribution in [3.63, 3.8) is 0 Å². The van der Waals surface area contributed by atoms with Crippen molar-refractivity contribution in [1.29, 1.82) is 0 Å². The monoisotopic (exact) mass is 93.0 g/mol.